The second-order valence-corrected chi connectivity index (χ2v) is 11.4. The number of benzene rings is 1. The van der Waals surface area contributed by atoms with Gasteiger partial charge in [-0.05, 0) is 87.6 Å². The number of hydrogen-bond donors (Lipinski definition) is 2. The number of carbonyl (C=O) groups is 1. The molecule has 2 heterocycles. The van der Waals surface area contributed by atoms with Gasteiger partial charge in [0.15, 0.2) is 0 Å². The maximum absolute atomic E-state index is 13.5. The summed E-state index contributed by atoms with van der Waals surface area (Å²) in [5.74, 6) is 0.389. The van der Waals surface area contributed by atoms with Gasteiger partial charge in [-0.3, -0.25) is 4.79 Å². The molecule has 2 N–H and O–H groups in total. The summed E-state index contributed by atoms with van der Waals surface area (Å²) >= 11 is 0. The summed E-state index contributed by atoms with van der Waals surface area (Å²) in [6, 6.07) is 7.20. The van der Waals surface area contributed by atoms with Crippen molar-refractivity contribution in [2.45, 2.75) is 81.1 Å². The van der Waals surface area contributed by atoms with Crippen molar-refractivity contribution in [2.24, 2.45) is 0 Å². The van der Waals surface area contributed by atoms with Crippen molar-refractivity contribution in [1.29, 1.82) is 0 Å². The Balaban J connectivity index is 1.47. The smallest absolute Gasteiger partial charge is 0.264 e. The lowest BCUT2D eigenvalue weighted by Gasteiger charge is -2.28. The molecule has 8 heteroatoms. The number of aromatic nitrogens is 1. The Labute approximate surface area is 195 Å². The Kier molecular flexibility index (Phi) is 5.59. The molecule has 2 fully saturated rings. The Morgan fingerprint density at radius 2 is 2.03 bits per heavy atom. The molecule has 176 valence electrons. The standard InChI is InChI=1S/C25H31N3O4S/c1-16(2)32-23-20(14-18(15-27-23)17-6-3-7-17)25(11-12-25)24(29)28-33(30,31)22-10-4-9-21-19(22)8-5-13-26-21/h4,9-10,14-17,26H,3,5-8,11-13H2,1-2H3,(H,28,29). The number of hydrogen-bond acceptors (Lipinski definition) is 6. The van der Waals surface area contributed by atoms with Gasteiger partial charge in [-0.2, -0.15) is 0 Å². The van der Waals surface area contributed by atoms with Gasteiger partial charge in [0.25, 0.3) is 10.0 Å². The first kappa shape index (κ1) is 22.2. The fourth-order valence-corrected chi connectivity index (χ4v) is 6.18. The van der Waals surface area contributed by atoms with E-state index in [9.17, 15) is 13.2 Å². The van der Waals surface area contributed by atoms with Crippen LogP contribution >= 0.6 is 0 Å². The van der Waals surface area contributed by atoms with Crippen LogP contribution in [0.1, 0.15) is 75.0 Å². The molecule has 2 aromatic rings. The maximum Gasteiger partial charge on any atom is 0.264 e. The number of carbonyl (C=O) groups excluding carboxylic acids is 1. The highest BCUT2D eigenvalue weighted by Crippen LogP contribution is 2.52. The van der Waals surface area contributed by atoms with E-state index in [1.54, 1.807) is 12.1 Å². The number of fused-ring (bicyclic) bond motifs is 1. The average molecular weight is 470 g/mol. The molecule has 0 unspecified atom stereocenters. The Bertz CT molecular complexity index is 1180. The van der Waals surface area contributed by atoms with E-state index in [1.165, 1.54) is 6.42 Å². The van der Waals surface area contributed by atoms with E-state index >= 15 is 0 Å². The quantitative estimate of drug-likeness (QED) is 0.635. The zero-order valence-electron chi connectivity index (χ0n) is 19.2. The van der Waals surface area contributed by atoms with Gasteiger partial charge in [0.1, 0.15) is 0 Å². The number of sulfonamides is 1. The lowest BCUT2D eigenvalue weighted by atomic mass is 9.79. The van der Waals surface area contributed by atoms with Gasteiger partial charge in [0.05, 0.1) is 16.4 Å². The maximum atomic E-state index is 13.5. The fourth-order valence-electron chi connectivity index (χ4n) is 4.84. The molecule has 5 rings (SSSR count). The predicted molar refractivity (Wildman–Crippen MR) is 126 cm³/mol. The molecule has 2 aliphatic carbocycles. The molecule has 0 spiro atoms. The summed E-state index contributed by atoms with van der Waals surface area (Å²) in [7, 11) is -4.01. The van der Waals surface area contributed by atoms with Gasteiger partial charge in [0, 0.05) is 24.0 Å². The zero-order valence-corrected chi connectivity index (χ0v) is 20.0. The second-order valence-electron chi connectivity index (χ2n) is 9.75. The Morgan fingerprint density at radius 3 is 2.70 bits per heavy atom. The molecular formula is C25H31N3O4S. The molecular weight excluding hydrogens is 438 g/mol. The fraction of sp³-hybridized carbons (Fsp3) is 0.520. The molecule has 7 nitrogen and oxygen atoms in total. The highest BCUT2D eigenvalue weighted by Gasteiger charge is 2.55. The van der Waals surface area contributed by atoms with E-state index < -0.39 is 21.3 Å². The van der Waals surface area contributed by atoms with E-state index in [2.05, 4.69) is 15.0 Å². The SMILES string of the molecule is CC(C)Oc1ncc(C2CCC2)cc1C1(C(=O)NS(=O)(=O)c2cccc3c2CCCN3)CC1. The van der Waals surface area contributed by atoms with Gasteiger partial charge in [-0.25, -0.2) is 18.1 Å². The molecule has 0 radical (unpaired) electrons. The molecule has 0 atom stereocenters. The molecule has 33 heavy (non-hydrogen) atoms. The van der Waals surface area contributed by atoms with Crippen molar-refractivity contribution < 1.29 is 17.9 Å². The molecule has 1 aromatic carbocycles. The van der Waals surface area contributed by atoms with Crippen molar-refractivity contribution in [3.63, 3.8) is 0 Å². The summed E-state index contributed by atoms with van der Waals surface area (Å²) in [4.78, 5) is 18.2. The molecule has 1 aliphatic heterocycles. The largest absolute Gasteiger partial charge is 0.475 e. The lowest BCUT2D eigenvalue weighted by Crippen LogP contribution is -2.39. The lowest BCUT2D eigenvalue weighted by molar-refractivity contribution is -0.121. The highest BCUT2D eigenvalue weighted by atomic mass is 32.2. The number of nitrogens with one attached hydrogen (secondary N) is 2. The van der Waals surface area contributed by atoms with Crippen LogP contribution in [0.4, 0.5) is 5.69 Å². The summed E-state index contributed by atoms with van der Waals surface area (Å²) in [6.07, 6.45) is 7.85. The monoisotopic (exact) mass is 469 g/mol. The van der Waals surface area contributed by atoms with E-state index in [-0.39, 0.29) is 11.0 Å². The van der Waals surface area contributed by atoms with Crippen LogP contribution in [-0.4, -0.2) is 32.0 Å². The number of nitrogens with zero attached hydrogens (tertiary/aromatic N) is 1. The van der Waals surface area contributed by atoms with Crippen molar-refractivity contribution in [3.05, 3.63) is 47.2 Å². The van der Waals surface area contributed by atoms with Crippen LogP contribution in [0.2, 0.25) is 0 Å². The van der Waals surface area contributed by atoms with Gasteiger partial charge in [0.2, 0.25) is 11.8 Å². The van der Waals surface area contributed by atoms with E-state index in [0.29, 0.717) is 36.6 Å². The summed E-state index contributed by atoms with van der Waals surface area (Å²) < 4.78 is 35.0. The third kappa shape index (κ3) is 4.09. The molecule has 3 aliphatic rings. The molecule has 2 saturated carbocycles. The molecule has 1 amide bonds. The van der Waals surface area contributed by atoms with Crippen LogP contribution in [0.15, 0.2) is 35.4 Å². The third-order valence-corrected chi connectivity index (χ3v) is 8.48. The molecule has 0 bridgehead atoms. The number of pyridine rings is 1. The predicted octanol–water partition coefficient (Wildman–Crippen LogP) is 4.03. The van der Waals surface area contributed by atoms with Crippen LogP contribution < -0.4 is 14.8 Å². The summed E-state index contributed by atoms with van der Waals surface area (Å²) in [5.41, 5.74) is 2.47. The van der Waals surface area contributed by atoms with Crippen LogP contribution in [-0.2, 0) is 26.7 Å². The topological polar surface area (TPSA) is 97.4 Å². The molecule has 1 aromatic heterocycles. The first-order chi connectivity index (χ1) is 15.8. The van der Waals surface area contributed by atoms with Crippen LogP contribution in [0.25, 0.3) is 0 Å². The van der Waals surface area contributed by atoms with Gasteiger partial charge in [-0.15, -0.1) is 0 Å². The Morgan fingerprint density at radius 1 is 1.24 bits per heavy atom. The van der Waals surface area contributed by atoms with Crippen LogP contribution in [0, 0.1) is 0 Å². The molecule has 0 saturated heterocycles. The first-order valence-electron chi connectivity index (χ1n) is 11.9. The summed E-state index contributed by atoms with van der Waals surface area (Å²) in [6.45, 7) is 4.65. The zero-order chi connectivity index (χ0) is 23.2. The van der Waals surface area contributed by atoms with Crippen LogP contribution in [0.5, 0.6) is 5.88 Å². The van der Waals surface area contributed by atoms with Crippen molar-refractivity contribution in [3.8, 4) is 5.88 Å². The van der Waals surface area contributed by atoms with E-state index in [4.69, 9.17) is 4.74 Å². The van der Waals surface area contributed by atoms with Crippen LogP contribution in [0.3, 0.4) is 0 Å². The highest BCUT2D eigenvalue weighted by molar-refractivity contribution is 7.90. The van der Waals surface area contributed by atoms with E-state index in [1.807, 2.05) is 32.2 Å². The second kappa shape index (κ2) is 8.31. The van der Waals surface area contributed by atoms with Crippen molar-refractivity contribution in [2.75, 3.05) is 11.9 Å². The number of rotatable bonds is 7. The number of amides is 1. The number of ether oxygens (including phenoxy) is 1. The van der Waals surface area contributed by atoms with Gasteiger partial charge < -0.3 is 10.1 Å². The normalized spacial score (nSPS) is 19.2. The van der Waals surface area contributed by atoms with Crippen molar-refractivity contribution >= 4 is 21.6 Å². The van der Waals surface area contributed by atoms with Gasteiger partial charge >= 0.3 is 0 Å². The number of anilines is 1. The minimum atomic E-state index is -4.01. The van der Waals surface area contributed by atoms with Crippen molar-refractivity contribution in [1.82, 2.24) is 9.71 Å². The minimum Gasteiger partial charge on any atom is -0.475 e. The Hall–Kier alpha value is -2.61. The summed E-state index contributed by atoms with van der Waals surface area (Å²) in [5, 5.41) is 3.25. The van der Waals surface area contributed by atoms with Gasteiger partial charge in [-0.1, -0.05) is 12.5 Å². The third-order valence-electron chi connectivity index (χ3n) is 7.07. The first-order valence-corrected chi connectivity index (χ1v) is 13.4. The average Bonchev–Trinajstić information content (AvgIpc) is 3.54. The van der Waals surface area contributed by atoms with E-state index in [0.717, 1.165) is 42.6 Å². The minimum absolute atomic E-state index is 0.100.